The summed E-state index contributed by atoms with van der Waals surface area (Å²) >= 11 is 0. The Morgan fingerprint density at radius 2 is 0.468 bits per heavy atom. The zero-order chi connectivity index (χ0) is 80.8. The van der Waals surface area contributed by atoms with E-state index in [0.29, 0.717) is 103 Å². The molecule has 0 atom stereocenters. The zero-order valence-electron chi connectivity index (χ0n) is 70.2. The third kappa shape index (κ3) is 33.1. The summed E-state index contributed by atoms with van der Waals surface area (Å²) in [5.74, 6) is -22.2. The molecule has 0 N–H and O–H groups in total. The minimum Gasteiger partial charge on any atom is -0.422 e. The quantitative estimate of drug-likeness (QED) is 0.0168. The first-order valence-electron chi connectivity index (χ1n) is 44.3. The lowest BCUT2D eigenvalue weighted by molar-refractivity contribution is -0.459. The van der Waals surface area contributed by atoms with Crippen molar-refractivity contribution in [3.05, 3.63) is 65.7 Å². The lowest BCUT2D eigenvalue weighted by atomic mass is 9.81. The third-order valence-corrected chi connectivity index (χ3v) is 20.8. The van der Waals surface area contributed by atoms with E-state index in [4.69, 9.17) is 42.6 Å². The van der Waals surface area contributed by atoms with E-state index in [1.807, 2.05) is 0 Å². The first-order valence-corrected chi connectivity index (χ1v) is 44.3. The molecule has 0 spiro atoms. The molecule has 0 radical (unpaired) electrons. The summed E-state index contributed by atoms with van der Waals surface area (Å²) < 4.78 is 64.2. The predicted molar refractivity (Wildman–Crippen MR) is 437 cm³/mol. The molecule has 18 nitrogen and oxygen atoms in total. The summed E-state index contributed by atoms with van der Waals surface area (Å²) in [5, 5.41) is 0. The summed E-state index contributed by atoms with van der Waals surface area (Å²) in [5.41, 5.74) is -0.900. The molecule has 0 aromatic heterocycles. The highest BCUT2D eigenvalue weighted by Gasteiger charge is 2.83. The van der Waals surface area contributed by atoms with Crippen molar-refractivity contribution in [2.24, 2.45) is 0 Å². The Morgan fingerprint density at radius 3 is 0.775 bits per heavy atom. The second kappa shape index (κ2) is 57.0. The predicted octanol–water partition coefficient (Wildman–Crippen LogP) is 25.3. The number of ether oxygens (including phenoxy) is 9. The minimum atomic E-state index is -3.93. The fraction of sp³-hybridized carbons (Fsp3) is 0.710. The fourth-order valence-corrected chi connectivity index (χ4v) is 14.4. The number of rotatable bonds is 63. The molecule has 0 fully saturated rings. The number of unbranched alkanes of at least 4 members (excludes halogenated alkanes) is 36. The number of fused-ring (bicyclic) bond motifs is 5. The third-order valence-electron chi connectivity index (χ3n) is 20.8. The standard InChI is InChI=1S/C93H144O18/c1-10-19-28-37-46-63-79(94)103-78-72-77-88(90(105-81(96)65-48-39-30-21-12-3)89(78)104-80(95)64-47-38-29-20-11-2)75-61-56-55-59-73(75)74-60-57-58-62-76(74)91(106-82(97)66-49-40-31-22-13-4,107-83(98)67-50-41-32-23-14-5)93(110-86(101)70-53-44-35-26-17-8,111-87(102)71-54-45-36-27-18-9)92(77,108-84(99)68-51-42-33-24-15-6)109-85(100)69-52-43-34-25-16-7/h55-62,72H,10-54,63-71H2,1-9H3. The van der Waals surface area contributed by atoms with Crippen LogP contribution in [0.25, 0.3) is 22.3 Å². The number of carbonyl (C=O) groups excluding carboxylic acids is 9. The van der Waals surface area contributed by atoms with Gasteiger partial charge in [-0.15, -0.1) is 0 Å². The van der Waals surface area contributed by atoms with Crippen LogP contribution in [0, 0.1) is 0 Å². The first kappa shape index (κ1) is 96.3. The van der Waals surface area contributed by atoms with Gasteiger partial charge in [-0.3, -0.25) is 43.2 Å². The largest absolute Gasteiger partial charge is 0.424 e. The Labute approximate surface area is 667 Å². The van der Waals surface area contributed by atoms with Crippen molar-refractivity contribution in [2.75, 3.05) is 0 Å². The molecule has 111 heavy (non-hydrogen) atoms. The summed E-state index contributed by atoms with van der Waals surface area (Å²) in [6.45, 7) is 18.6. The van der Waals surface area contributed by atoms with Gasteiger partial charge in [0.15, 0.2) is 11.5 Å². The molecule has 624 valence electrons. The number of esters is 9. The molecule has 0 aliphatic heterocycles. The lowest BCUT2D eigenvalue weighted by Crippen LogP contribution is -2.73. The van der Waals surface area contributed by atoms with Crippen LogP contribution in [0.15, 0.2) is 54.6 Å². The van der Waals surface area contributed by atoms with Crippen molar-refractivity contribution in [2.45, 2.75) is 426 Å². The van der Waals surface area contributed by atoms with E-state index in [0.717, 1.165) is 154 Å². The van der Waals surface area contributed by atoms with Gasteiger partial charge in [-0.2, -0.15) is 0 Å². The fourth-order valence-electron chi connectivity index (χ4n) is 14.4. The molecule has 3 aromatic carbocycles. The van der Waals surface area contributed by atoms with Gasteiger partial charge >= 0.3 is 71.1 Å². The van der Waals surface area contributed by atoms with E-state index in [2.05, 4.69) is 62.3 Å². The maximum absolute atomic E-state index is 16.5. The highest BCUT2D eigenvalue weighted by atomic mass is 16.9. The molecule has 0 heterocycles. The summed E-state index contributed by atoms with van der Waals surface area (Å²) in [6, 6.07) is 14.3. The van der Waals surface area contributed by atoms with Crippen molar-refractivity contribution < 1.29 is 85.8 Å². The molecule has 1 aliphatic rings. The van der Waals surface area contributed by atoms with E-state index in [-0.39, 0.29) is 98.4 Å². The van der Waals surface area contributed by atoms with Crippen molar-refractivity contribution in [3.8, 4) is 39.5 Å². The molecule has 4 rings (SSSR count). The molecular formula is C93H144O18. The highest BCUT2D eigenvalue weighted by molar-refractivity contribution is 5.96. The SMILES string of the molecule is CCCCCCCC(=O)Oc1cc2c(c(OC(=O)CCCCCCC)c1OC(=O)CCCCCCC)-c1ccccc1-c1ccccc1C(OC(=O)CCCCCCC)(OC(=O)CCCCCCC)C(OC(=O)CCCCCCC)(OC(=O)CCCCCCC)C2(OC(=O)CCCCCCC)OC(=O)CCCCCCC. The normalized spacial score (nSPS) is 13.1. The molecule has 0 saturated carbocycles. The van der Waals surface area contributed by atoms with Crippen molar-refractivity contribution in [3.63, 3.8) is 0 Å². The van der Waals surface area contributed by atoms with E-state index >= 15 is 43.2 Å². The Balaban J connectivity index is 2.73. The number of hydrogen-bond donors (Lipinski definition) is 0. The Hall–Kier alpha value is -7.11. The van der Waals surface area contributed by atoms with Gasteiger partial charge in [0.05, 0.1) is 11.1 Å². The van der Waals surface area contributed by atoms with Crippen molar-refractivity contribution >= 4 is 53.7 Å². The van der Waals surface area contributed by atoms with Gasteiger partial charge in [-0.25, -0.2) is 0 Å². The number of carbonyl (C=O) groups is 9. The molecule has 18 heteroatoms. The van der Waals surface area contributed by atoms with Crippen LogP contribution in [-0.4, -0.2) is 59.5 Å². The Morgan fingerprint density at radius 1 is 0.234 bits per heavy atom. The maximum atomic E-state index is 16.5. The topological polar surface area (TPSA) is 237 Å². The van der Waals surface area contributed by atoms with Crippen LogP contribution in [-0.2, 0) is 83.1 Å². The van der Waals surface area contributed by atoms with Crippen LogP contribution in [0.2, 0.25) is 0 Å². The second-order valence-electron chi connectivity index (χ2n) is 30.6. The summed E-state index contributed by atoms with van der Waals surface area (Å²) in [7, 11) is 0. The van der Waals surface area contributed by atoms with Gasteiger partial charge in [-0.05, 0) is 80.5 Å². The van der Waals surface area contributed by atoms with Gasteiger partial charge in [0.2, 0.25) is 5.75 Å². The molecule has 0 unspecified atom stereocenters. The van der Waals surface area contributed by atoms with Crippen LogP contribution < -0.4 is 14.2 Å². The van der Waals surface area contributed by atoms with Gasteiger partial charge in [0, 0.05) is 63.4 Å². The highest BCUT2D eigenvalue weighted by Crippen LogP contribution is 2.63. The smallest absolute Gasteiger partial charge is 0.422 e. The Kier molecular flexibility index (Phi) is 49.4. The van der Waals surface area contributed by atoms with Crippen molar-refractivity contribution in [1.82, 2.24) is 0 Å². The molecule has 0 bridgehead atoms. The summed E-state index contributed by atoms with van der Waals surface area (Å²) in [4.78, 5) is 144. The van der Waals surface area contributed by atoms with Gasteiger partial charge in [0.1, 0.15) is 0 Å². The van der Waals surface area contributed by atoms with E-state index in [1.54, 1.807) is 42.5 Å². The number of hydrogen-bond acceptors (Lipinski definition) is 18. The molecule has 0 amide bonds. The number of benzene rings is 3. The van der Waals surface area contributed by atoms with Crippen LogP contribution >= 0.6 is 0 Å². The van der Waals surface area contributed by atoms with Gasteiger partial charge < -0.3 is 42.6 Å². The monoisotopic (exact) mass is 1550 g/mol. The van der Waals surface area contributed by atoms with E-state index in [9.17, 15) is 0 Å². The van der Waals surface area contributed by atoms with Crippen LogP contribution in [0.5, 0.6) is 17.2 Å². The lowest BCUT2D eigenvalue weighted by Gasteiger charge is -2.52. The van der Waals surface area contributed by atoms with Crippen LogP contribution in [0.1, 0.15) is 420 Å². The molecule has 3 aromatic rings. The second-order valence-corrected chi connectivity index (χ2v) is 30.6. The minimum absolute atomic E-state index is 0.0747. The molecular weight excluding hydrogens is 1410 g/mol. The van der Waals surface area contributed by atoms with Crippen LogP contribution in [0.3, 0.4) is 0 Å². The van der Waals surface area contributed by atoms with E-state index < -0.39 is 120 Å². The van der Waals surface area contributed by atoms with Gasteiger partial charge in [0.25, 0.3) is 0 Å². The Bertz CT molecular complexity index is 3120. The van der Waals surface area contributed by atoms with Crippen LogP contribution in [0.4, 0.5) is 0 Å². The average molecular weight is 1550 g/mol. The van der Waals surface area contributed by atoms with Gasteiger partial charge in [-0.1, -0.05) is 342 Å². The maximum Gasteiger partial charge on any atom is 0.424 e. The molecule has 0 saturated heterocycles. The average Bonchev–Trinajstić information content (AvgIpc) is 1.67. The first-order chi connectivity index (χ1) is 53.9. The van der Waals surface area contributed by atoms with Crippen molar-refractivity contribution in [1.29, 1.82) is 0 Å². The summed E-state index contributed by atoms with van der Waals surface area (Å²) in [6.07, 6.45) is 27.0. The zero-order valence-corrected chi connectivity index (χ0v) is 70.2. The molecule has 1 aliphatic carbocycles. The van der Waals surface area contributed by atoms with E-state index in [1.165, 1.54) is 6.07 Å².